The summed E-state index contributed by atoms with van der Waals surface area (Å²) in [6.45, 7) is 10.6. The molecule has 4 heteroatoms. The fourth-order valence-electron chi connectivity index (χ4n) is 2.67. The number of ketones is 1. The number of rotatable bonds is 9. The predicted molar refractivity (Wildman–Crippen MR) is 116 cm³/mol. The number of ether oxygens (including phenoxy) is 1. The first-order chi connectivity index (χ1) is 13.3. The van der Waals surface area contributed by atoms with Crippen molar-refractivity contribution in [2.24, 2.45) is 0 Å². The van der Waals surface area contributed by atoms with Crippen LogP contribution in [0.1, 0.15) is 48.7 Å². The molecule has 0 bridgehead atoms. The van der Waals surface area contributed by atoms with Gasteiger partial charge in [-0.1, -0.05) is 32.9 Å². The largest absolute Gasteiger partial charge is 0.504 e. The minimum atomic E-state index is -0.433. The zero-order valence-electron chi connectivity index (χ0n) is 17.1. The van der Waals surface area contributed by atoms with Gasteiger partial charge in [-0.15, -0.1) is 6.58 Å². The molecule has 28 heavy (non-hydrogen) atoms. The third-order valence-electron chi connectivity index (χ3n) is 4.69. The van der Waals surface area contributed by atoms with Crippen molar-refractivity contribution in [1.29, 1.82) is 0 Å². The highest BCUT2D eigenvalue weighted by atomic mass is 16.5. The molecule has 0 saturated carbocycles. The Labute approximate surface area is 167 Å². The van der Waals surface area contributed by atoms with Crippen molar-refractivity contribution in [3.8, 4) is 5.75 Å². The molecule has 0 radical (unpaired) electrons. The number of benzene rings is 2. The molecule has 0 amide bonds. The maximum absolute atomic E-state index is 12.6. The van der Waals surface area contributed by atoms with Crippen molar-refractivity contribution < 1.29 is 14.6 Å². The summed E-state index contributed by atoms with van der Waals surface area (Å²) in [5.41, 5.74) is 2.77. The van der Waals surface area contributed by atoms with Gasteiger partial charge < -0.3 is 15.2 Å². The minimum absolute atomic E-state index is 0.242. The van der Waals surface area contributed by atoms with Crippen LogP contribution in [0.15, 0.2) is 60.9 Å². The van der Waals surface area contributed by atoms with Gasteiger partial charge in [-0.3, -0.25) is 4.79 Å². The van der Waals surface area contributed by atoms with Gasteiger partial charge in [0.1, 0.15) is 5.75 Å². The summed E-state index contributed by atoms with van der Waals surface area (Å²) < 4.78 is 5.80. The van der Waals surface area contributed by atoms with E-state index in [1.165, 1.54) is 6.08 Å². The van der Waals surface area contributed by atoms with E-state index in [-0.39, 0.29) is 11.2 Å². The quantitative estimate of drug-likeness (QED) is 0.252. The summed E-state index contributed by atoms with van der Waals surface area (Å²) in [5, 5.41) is 13.5. The topological polar surface area (TPSA) is 58.6 Å². The van der Waals surface area contributed by atoms with Crippen molar-refractivity contribution in [3.05, 3.63) is 77.6 Å². The Bertz CT molecular complexity index is 864. The van der Waals surface area contributed by atoms with Gasteiger partial charge in [0, 0.05) is 29.3 Å². The summed E-state index contributed by atoms with van der Waals surface area (Å²) in [4.78, 5) is 12.6. The van der Waals surface area contributed by atoms with E-state index in [9.17, 15) is 9.90 Å². The van der Waals surface area contributed by atoms with Crippen LogP contribution in [-0.2, 0) is 5.41 Å². The number of carbonyl (C=O) groups excluding carboxylic acids is 1. The van der Waals surface area contributed by atoms with Crippen LogP contribution in [-0.4, -0.2) is 24.5 Å². The van der Waals surface area contributed by atoms with Gasteiger partial charge in [0.05, 0.1) is 6.61 Å². The second-order valence-electron chi connectivity index (χ2n) is 7.21. The number of nitrogens with one attached hydrogen (secondary N) is 1. The molecule has 0 atom stereocenters. The summed E-state index contributed by atoms with van der Waals surface area (Å²) in [6.07, 6.45) is 4.21. The molecule has 0 unspecified atom stereocenters. The summed E-state index contributed by atoms with van der Waals surface area (Å²) in [6, 6.07) is 12.8. The molecule has 0 spiro atoms. The predicted octanol–water partition coefficient (Wildman–Crippen LogP) is 5.76. The van der Waals surface area contributed by atoms with E-state index in [1.807, 2.05) is 38.2 Å². The van der Waals surface area contributed by atoms with Crippen molar-refractivity contribution in [2.45, 2.75) is 32.6 Å². The average Bonchev–Trinajstić information content (AvgIpc) is 2.72. The van der Waals surface area contributed by atoms with Crippen molar-refractivity contribution in [1.82, 2.24) is 0 Å². The van der Waals surface area contributed by atoms with E-state index in [1.54, 1.807) is 24.3 Å². The normalized spacial score (nSPS) is 11.8. The third kappa shape index (κ3) is 5.03. The molecule has 0 fully saturated rings. The van der Waals surface area contributed by atoms with E-state index >= 15 is 0 Å². The van der Waals surface area contributed by atoms with E-state index in [2.05, 4.69) is 25.7 Å². The monoisotopic (exact) mass is 379 g/mol. The highest BCUT2D eigenvalue weighted by Gasteiger charge is 2.19. The summed E-state index contributed by atoms with van der Waals surface area (Å²) >= 11 is 0. The molecule has 0 heterocycles. The lowest BCUT2D eigenvalue weighted by Gasteiger charge is -2.22. The van der Waals surface area contributed by atoms with Crippen molar-refractivity contribution in [2.75, 3.05) is 19.0 Å². The number of carbonyl (C=O) groups is 1. The van der Waals surface area contributed by atoms with Crippen LogP contribution in [0.2, 0.25) is 0 Å². The van der Waals surface area contributed by atoms with Gasteiger partial charge in [0.25, 0.3) is 0 Å². The van der Waals surface area contributed by atoms with Gasteiger partial charge in [-0.2, -0.15) is 0 Å². The second kappa shape index (κ2) is 9.27. The SMILES string of the molecule is C=CC(C)(C)c1ccc(OCCC)c(C=C(O)C(=O)c2ccc(NC)cc2)c1. The van der Waals surface area contributed by atoms with Crippen LogP contribution in [0.5, 0.6) is 5.75 Å². The Morgan fingerprint density at radius 2 is 1.89 bits per heavy atom. The Balaban J connectivity index is 2.42. The number of anilines is 1. The van der Waals surface area contributed by atoms with Gasteiger partial charge >= 0.3 is 0 Å². The van der Waals surface area contributed by atoms with Gasteiger partial charge in [0.2, 0.25) is 5.78 Å². The lowest BCUT2D eigenvalue weighted by atomic mass is 9.84. The number of hydrogen-bond acceptors (Lipinski definition) is 4. The first kappa shape index (κ1) is 21.3. The van der Waals surface area contributed by atoms with Crippen LogP contribution in [0.4, 0.5) is 5.69 Å². The number of hydrogen-bond donors (Lipinski definition) is 2. The minimum Gasteiger partial charge on any atom is -0.504 e. The van der Waals surface area contributed by atoms with Gasteiger partial charge in [-0.05, 0) is 54.5 Å². The van der Waals surface area contributed by atoms with Crippen LogP contribution < -0.4 is 10.1 Å². The van der Waals surface area contributed by atoms with Crippen LogP contribution in [0.3, 0.4) is 0 Å². The fraction of sp³-hybridized carbons (Fsp3) is 0.292. The standard InChI is InChI=1S/C24H29NO3/c1-6-14-28-22-13-10-19(24(3,4)7-2)15-18(22)16-21(26)23(27)17-8-11-20(25-5)12-9-17/h7-13,15-16,25-26H,2,6,14H2,1,3-5H3. The second-order valence-corrected chi connectivity index (χ2v) is 7.21. The molecule has 2 aromatic rings. The van der Waals surface area contributed by atoms with E-state index < -0.39 is 5.78 Å². The number of aliphatic hydroxyl groups excluding tert-OH is 1. The lowest BCUT2D eigenvalue weighted by Crippen LogP contribution is -2.13. The molecule has 0 aliphatic rings. The maximum Gasteiger partial charge on any atom is 0.227 e. The van der Waals surface area contributed by atoms with E-state index in [0.29, 0.717) is 23.5 Å². The fourth-order valence-corrected chi connectivity index (χ4v) is 2.67. The van der Waals surface area contributed by atoms with Crippen molar-refractivity contribution >= 4 is 17.5 Å². The highest BCUT2D eigenvalue weighted by molar-refractivity contribution is 6.09. The first-order valence-electron chi connectivity index (χ1n) is 9.46. The van der Waals surface area contributed by atoms with E-state index in [4.69, 9.17) is 4.74 Å². The molecular formula is C24H29NO3. The van der Waals surface area contributed by atoms with Gasteiger partial charge in [0.15, 0.2) is 5.76 Å². The smallest absolute Gasteiger partial charge is 0.227 e. The Hall–Kier alpha value is -3.01. The number of Topliss-reactive ketones (excluding diaryl/α,β-unsaturated/α-hetero) is 1. The number of allylic oxidation sites excluding steroid dienone is 2. The van der Waals surface area contributed by atoms with E-state index in [0.717, 1.165) is 17.7 Å². The molecule has 0 aliphatic carbocycles. The molecule has 2 rings (SSSR count). The highest BCUT2D eigenvalue weighted by Crippen LogP contribution is 2.31. The van der Waals surface area contributed by atoms with Crippen molar-refractivity contribution in [3.63, 3.8) is 0 Å². The summed E-state index contributed by atoms with van der Waals surface area (Å²) in [5.74, 6) is -0.125. The van der Waals surface area contributed by atoms with Crippen LogP contribution in [0.25, 0.3) is 6.08 Å². The Kier molecular flexibility index (Phi) is 7.05. The lowest BCUT2D eigenvalue weighted by molar-refractivity contribution is 0.0980. The maximum atomic E-state index is 12.6. The summed E-state index contributed by atoms with van der Waals surface area (Å²) in [7, 11) is 1.81. The molecule has 0 saturated heterocycles. The van der Waals surface area contributed by atoms with Crippen LogP contribution >= 0.6 is 0 Å². The zero-order valence-corrected chi connectivity index (χ0v) is 17.1. The van der Waals surface area contributed by atoms with Crippen LogP contribution in [0, 0.1) is 0 Å². The molecule has 148 valence electrons. The third-order valence-corrected chi connectivity index (χ3v) is 4.69. The molecule has 2 aromatic carbocycles. The molecule has 0 aliphatic heterocycles. The number of aliphatic hydroxyl groups is 1. The average molecular weight is 380 g/mol. The molecular weight excluding hydrogens is 350 g/mol. The Morgan fingerprint density at radius 3 is 2.46 bits per heavy atom. The zero-order chi connectivity index (χ0) is 20.7. The molecule has 2 N–H and O–H groups in total. The first-order valence-corrected chi connectivity index (χ1v) is 9.46. The molecule has 0 aromatic heterocycles. The van der Waals surface area contributed by atoms with Gasteiger partial charge in [-0.25, -0.2) is 0 Å². The molecule has 4 nitrogen and oxygen atoms in total. The Morgan fingerprint density at radius 1 is 1.21 bits per heavy atom.